The summed E-state index contributed by atoms with van der Waals surface area (Å²) in [5.74, 6) is 1.30. The molecule has 1 aliphatic rings. The SMILES string of the molecule is COC(CN)C(=O)NCC(C)C1CC1. The Morgan fingerprint density at radius 2 is 2.29 bits per heavy atom. The highest BCUT2D eigenvalue weighted by Gasteiger charge is 2.28. The van der Waals surface area contributed by atoms with E-state index in [1.54, 1.807) is 0 Å². The van der Waals surface area contributed by atoms with Crippen LogP contribution in [0.15, 0.2) is 0 Å². The number of nitrogens with two attached hydrogens (primary N) is 1. The topological polar surface area (TPSA) is 64.3 Å². The van der Waals surface area contributed by atoms with Crippen LogP contribution < -0.4 is 11.1 Å². The highest BCUT2D eigenvalue weighted by molar-refractivity contribution is 5.80. The van der Waals surface area contributed by atoms with Gasteiger partial charge in [-0.25, -0.2) is 0 Å². The fourth-order valence-corrected chi connectivity index (χ4v) is 1.52. The first-order valence-corrected chi connectivity index (χ1v) is 5.19. The summed E-state index contributed by atoms with van der Waals surface area (Å²) in [5, 5.41) is 2.86. The highest BCUT2D eigenvalue weighted by Crippen LogP contribution is 2.35. The van der Waals surface area contributed by atoms with E-state index in [9.17, 15) is 4.79 Å². The van der Waals surface area contributed by atoms with Crippen LogP contribution in [0.1, 0.15) is 19.8 Å². The highest BCUT2D eigenvalue weighted by atomic mass is 16.5. The van der Waals surface area contributed by atoms with Crippen LogP contribution in [0.2, 0.25) is 0 Å². The Balaban J connectivity index is 2.18. The van der Waals surface area contributed by atoms with E-state index >= 15 is 0 Å². The maximum absolute atomic E-state index is 11.4. The maximum atomic E-state index is 11.4. The van der Waals surface area contributed by atoms with Crippen LogP contribution in [0.5, 0.6) is 0 Å². The Morgan fingerprint density at radius 3 is 2.71 bits per heavy atom. The zero-order valence-corrected chi connectivity index (χ0v) is 8.95. The second-order valence-corrected chi connectivity index (χ2v) is 4.02. The quantitative estimate of drug-likeness (QED) is 0.640. The first-order chi connectivity index (χ1) is 6.69. The number of hydrogen-bond acceptors (Lipinski definition) is 3. The lowest BCUT2D eigenvalue weighted by Gasteiger charge is -2.15. The van der Waals surface area contributed by atoms with Gasteiger partial charge in [0.05, 0.1) is 0 Å². The van der Waals surface area contributed by atoms with E-state index in [2.05, 4.69) is 12.2 Å². The molecular weight excluding hydrogens is 180 g/mol. The predicted octanol–water partition coefficient (Wildman–Crippen LogP) is 0.122. The summed E-state index contributed by atoms with van der Waals surface area (Å²) in [7, 11) is 1.50. The largest absolute Gasteiger partial charge is 0.370 e. The van der Waals surface area contributed by atoms with Crippen LogP contribution in [-0.2, 0) is 9.53 Å². The fourth-order valence-electron chi connectivity index (χ4n) is 1.52. The Bertz CT molecular complexity index is 189. The van der Waals surface area contributed by atoms with Crippen LogP contribution in [0.3, 0.4) is 0 Å². The third kappa shape index (κ3) is 3.27. The molecule has 2 atom stereocenters. The standard InChI is InChI=1S/C10H20N2O2/c1-7(8-3-4-8)6-12-10(13)9(5-11)14-2/h7-9H,3-6,11H2,1-2H3,(H,12,13). The number of carbonyl (C=O) groups excluding carboxylic acids is 1. The lowest BCUT2D eigenvalue weighted by molar-refractivity contribution is -0.130. The molecule has 0 bridgehead atoms. The van der Waals surface area contributed by atoms with E-state index in [4.69, 9.17) is 10.5 Å². The molecule has 82 valence electrons. The average molecular weight is 200 g/mol. The Kier molecular flexibility index (Phi) is 4.35. The summed E-state index contributed by atoms with van der Waals surface area (Å²) in [6, 6.07) is 0. The van der Waals surface area contributed by atoms with E-state index in [0.29, 0.717) is 5.92 Å². The van der Waals surface area contributed by atoms with Gasteiger partial charge >= 0.3 is 0 Å². The molecule has 1 fully saturated rings. The van der Waals surface area contributed by atoms with Gasteiger partial charge in [0, 0.05) is 20.2 Å². The zero-order valence-electron chi connectivity index (χ0n) is 8.95. The van der Waals surface area contributed by atoms with Gasteiger partial charge in [-0.1, -0.05) is 6.92 Å². The molecule has 0 heterocycles. The molecule has 1 saturated carbocycles. The molecule has 1 rings (SSSR count). The molecular formula is C10H20N2O2. The van der Waals surface area contributed by atoms with Crippen molar-refractivity contribution in [2.24, 2.45) is 17.6 Å². The van der Waals surface area contributed by atoms with Crippen LogP contribution in [0.4, 0.5) is 0 Å². The van der Waals surface area contributed by atoms with E-state index < -0.39 is 6.10 Å². The van der Waals surface area contributed by atoms with Crippen molar-refractivity contribution in [3.05, 3.63) is 0 Å². The summed E-state index contributed by atoms with van der Waals surface area (Å²) in [6.07, 6.45) is 2.12. The van der Waals surface area contributed by atoms with Crippen LogP contribution in [0.25, 0.3) is 0 Å². The molecule has 1 aliphatic carbocycles. The minimum Gasteiger partial charge on any atom is -0.370 e. The second kappa shape index (κ2) is 5.32. The van der Waals surface area contributed by atoms with Crippen molar-refractivity contribution in [3.8, 4) is 0 Å². The number of rotatable bonds is 6. The van der Waals surface area contributed by atoms with Crippen molar-refractivity contribution >= 4 is 5.91 Å². The molecule has 0 saturated heterocycles. The van der Waals surface area contributed by atoms with Crippen molar-refractivity contribution in [2.45, 2.75) is 25.9 Å². The number of carbonyl (C=O) groups is 1. The van der Waals surface area contributed by atoms with E-state index in [1.165, 1.54) is 20.0 Å². The monoisotopic (exact) mass is 200 g/mol. The number of methoxy groups -OCH3 is 1. The summed E-state index contributed by atoms with van der Waals surface area (Å²) < 4.78 is 4.93. The van der Waals surface area contributed by atoms with Crippen molar-refractivity contribution < 1.29 is 9.53 Å². The van der Waals surface area contributed by atoms with E-state index in [1.807, 2.05) is 0 Å². The average Bonchev–Trinajstić information content (AvgIpc) is 2.99. The van der Waals surface area contributed by atoms with Gasteiger partial charge in [0.1, 0.15) is 6.10 Å². The van der Waals surface area contributed by atoms with Gasteiger partial charge in [-0.2, -0.15) is 0 Å². The molecule has 0 aromatic heterocycles. The molecule has 0 aliphatic heterocycles. The van der Waals surface area contributed by atoms with Gasteiger partial charge in [0.15, 0.2) is 0 Å². The number of ether oxygens (including phenoxy) is 1. The Morgan fingerprint density at radius 1 is 1.64 bits per heavy atom. The Hall–Kier alpha value is -0.610. The van der Waals surface area contributed by atoms with Gasteiger partial charge in [0.25, 0.3) is 0 Å². The third-order valence-corrected chi connectivity index (χ3v) is 2.82. The summed E-state index contributed by atoms with van der Waals surface area (Å²) in [5.41, 5.74) is 5.38. The van der Waals surface area contributed by atoms with Crippen molar-refractivity contribution in [1.82, 2.24) is 5.32 Å². The smallest absolute Gasteiger partial charge is 0.250 e. The molecule has 2 unspecified atom stereocenters. The molecule has 0 radical (unpaired) electrons. The molecule has 3 N–H and O–H groups in total. The van der Waals surface area contributed by atoms with Gasteiger partial charge in [-0.3, -0.25) is 4.79 Å². The third-order valence-electron chi connectivity index (χ3n) is 2.82. The number of amides is 1. The van der Waals surface area contributed by atoms with Gasteiger partial charge < -0.3 is 15.8 Å². The second-order valence-electron chi connectivity index (χ2n) is 4.02. The zero-order chi connectivity index (χ0) is 10.6. The first kappa shape index (κ1) is 11.5. The molecule has 0 aromatic carbocycles. The fraction of sp³-hybridized carbons (Fsp3) is 0.900. The van der Waals surface area contributed by atoms with Crippen molar-refractivity contribution in [2.75, 3.05) is 20.2 Å². The van der Waals surface area contributed by atoms with Crippen molar-refractivity contribution in [3.63, 3.8) is 0 Å². The molecule has 0 aromatic rings. The molecule has 4 heteroatoms. The normalized spacial score (nSPS) is 20.2. The first-order valence-electron chi connectivity index (χ1n) is 5.19. The summed E-state index contributed by atoms with van der Waals surface area (Å²) >= 11 is 0. The van der Waals surface area contributed by atoms with Gasteiger partial charge in [0.2, 0.25) is 5.91 Å². The predicted molar refractivity (Wildman–Crippen MR) is 54.7 cm³/mol. The molecule has 0 spiro atoms. The number of nitrogens with one attached hydrogen (secondary N) is 1. The van der Waals surface area contributed by atoms with E-state index in [-0.39, 0.29) is 12.5 Å². The lowest BCUT2D eigenvalue weighted by Crippen LogP contribution is -2.42. The number of hydrogen-bond donors (Lipinski definition) is 2. The van der Waals surface area contributed by atoms with Crippen LogP contribution in [0, 0.1) is 11.8 Å². The molecule has 4 nitrogen and oxygen atoms in total. The summed E-state index contributed by atoms with van der Waals surface area (Å²) in [6.45, 7) is 3.14. The minimum absolute atomic E-state index is 0.0949. The van der Waals surface area contributed by atoms with Gasteiger partial charge in [-0.15, -0.1) is 0 Å². The van der Waals surface area contributed by atoms with Crippen molar-refractivity contribution in [1.29, 1.82) is 0 Å². The Labute approximate surface area is 85.2 Å². The minimum atomic E-state index is -0.499. The maximum Gasteiger partial charge on any atom is 0.250 e. The molecule has 14 heavy (non-hydrogen) atoms. The van der Waals surface area contributed by atoms with E-state index in [0.717, 1.165) is 12.5 Å². The van der Waals surface area contributed by atoms with Crippen LogP contribution >= 0.6 is 0 Å². The van der Waals surface area contributed by atoms with Gasteiger partial charge in [-0.05, 0) is 24.7 Å². The summed E-state index contributed by atoms with van der Waals surface area (Å²) in [4.78, 5) is 11.4. The lowest BCUT2D eigenvalue weighted by atomic mass is 10.1. The van der Waals surface area contributed by atoms with Crippen LogP contribution in [-0.4, -0.2) is 32.2 Å². The molecule has 1 amide bonds.